The number of hydrogen-bond acceptors (Lipinski definition) is 6. The lowest BCUT2D eigenvalue weighted by Crippen LogP contribution is -2.38. The van der Waals surface area contributed by atoms with E-state index in [0.717, 1.165) is 28.9 Å². The van der Waals surface area contributed by atoms with Gasteiger partial charge in [0.15, 0.2) is 0 Å². The van der Waals surface area contributed by atoms with Gasteiger partial charge in [0.1, 0.15) is 0 Å². The Bertz CT molecular complexity index is 958. The maximum atomic E-state index is 12.2. The number of hydrogen-bond donors (Lipinski definition) is 4. The number of carbonyl (C=O) groups is 1. The van der Waals surface area contributed by atoms with E-state index in [1.54, 1.807) is 37.5 Å². The van der Waals surface area contributed by atoms with Crippen molar-refractivity contribution in [2.75, 3.05) is 11.9 Å². The van der Waals surface area contributed by atoms with Gasteiger partial charge in [-0.3, -0.25) is 0 Å². The number of aryl methyl sites for hydroxylation is 1. The third kappa shape index (κ3) is 5.11. The standard InChI is InChI=1S/C21H25N5O3/c1-4-22-20-24-11-13(2)18(26-20)16-10-17(23-12-16)29-21(28)25-14(3)19(27)15-8-6-5-7-9-15/h5-12,14,19,23,27H,4H2,1-3H3,(H,25,28)(H,22,24,26). The summed E-state index contributed by atoms with van der Waals surface area (Å²) >= 11 is 0. The number of ether oxygens (including phenoxy) is 1. The highest BCUT2D eigenvalue weighted by molar-refractivity contribution is 5.72. The minimum atomic E-state index is -0.837. The summed E-state index contributed by atoms with van der Waals surface area (Å²) in [5.41, 5.74) is 3.15. The number of aliphatic hydroxyl groups excluding tert-OH is 1. The molecule has 2 heterocycles. The molecule has 8 heteroatoms. The summed E-state index contributed by atoms with van der Waals surface area (Å²) in [4.78, 5) is 23.9. The number of H-pyrrole nitrogens is 1. The molecule has 3 rings (SSSR count). The van der Waals surface area contributed by atoms with E-state index in [0.29, 0.717) is 5.95 Å². The zero-order valence-corrected chi connectivity index (χ0v) is 16.6. The van der Waals surface area contributed by atoms with Gasteiger partial charge in [-0.1, -0.05) is 30.3 Å². The van der Waals surface area contributed by atoms with Gasteiger partial charge >= 0.3 is 6.09 Å². The Hall–Kier alpha value is -3.39. The van der Waals surface area contributed by atoms with Crippen molar-refractivity contribution < 1.29 is 14.6 Å². The first-order valence-electron chi connectivity index (χ1n) is 9.45. The molecule has 0 bridgehead atoms. The molecule has 8 nitrogen and oxygen atoms in total. The Labute approximate surface area is 169 Å². The molecule has 4 N–H and O–H groups in total. The highest BCUT2D eigenvalue weighted by Gasteiger charge is 2.20. The number of aromatic nitrogens is 3. The summed E-state index contributed by atoms with van der Waals surface area (Å²) < 4.78 is 5.32. The Morgan fingerprint density at radius 2 is 2.07 bits per heavy atom. The van der Waals surface area contributed by atoms with Crippen LogP contribution in [0.1, 0.15) is 31.1 Å². The number of nitrogens with zero attached hydrogens (tertiary/aromatic N) is 2. The molecule has 2 aromatic heterocycles. The largest absolute Gasteiger partial charge is 0.414 e. The van der Waals surface area contributed by atoms with Crippen LogP contribution >= 0.6 is 0 Å². The molecule has 2 atom stereocenters. The average molecular weight is 395 g/mol. The number of amides is 1. The summed E-state index contributed by atoms with van der Waals surface area (Å²) in [6.45, 7) is 6.32. The number of benzene rings is 1. The Kier molecular flexibility index (Phi) is 6.46. The maximum absolute atomic E-state index is 12.2. The fourth-order valence-electron chi connectivity index (χ4n) is 2.88. The molecule has 0 spiro atoms. The molecule has 0 saturated carbocycles. The molecule has 0 fully saturated rings. The van der Waals surface area contributed by atoms with E-state index >= 15 is 0 Å². The number of aromatic amines is 1. The second kappa shape index (κ2) is 9.20. The normalized spacial score (nSPS) is 12.8. The fourth-order valence-corrected chi connectivity index (χ4v) is 2.88. The highest BCUT2D eigenvalue weighted by atomic mass is 16.6. The smallest absolute Gasteiger partial charge is 0.393 e. The summed E-state index contributed by atoms with van der Waals surface area (Å²) in [7, 11) is 0. The molecule has 29 heavy (non-hydrogen) atoms. The van der Waals surface area contributed by atoms with Crippen LogP contribution in [0.4, 0.5) is 10.7 Å². The van der Waals surface area contributed by atoms with Crippen molar-refractivity contribution in [1.29, 1.82) is 0 Å². The minimum Gasteiger partial charge on any atom is -0.393 e. The summed E-state index contributed by atoms with van der Waals surface area (Å²) in [5, 5.41) is 16.1. The van der Waals surface area contributed by atoms with Gasteiger partial charge in [0.25, 0.3) is 0 Å². The molecule has 152 valence electrons. The van der Waals surface area contributed by atoms with E-state index in [1.165, 1.54) is 0 Å². The van der Waals surface area contributed by atoms with E-state index < -0.39 is 18.2 Å². The molecular weight excluding hydrogens is 370 g/mol. The number of rotatable bonds is 7. The van der Waals surface area contributed by atoms with E-state index in [4.69, 9.17) is 4.74 Å². The third-order valence-corrected chi connectivity index (χ3v) is 4.40. The molecule has 1 aromatic carbocycles. The van der Waals surface area contributed by atoms with Crippen LogP contribution in [0.2, 0.25) is 0 Å². The predicted molar refractivity (Wildman–Crippen MR) is 111 cm³/mol. The van der Waals surface area contributed by atoms with Gasteiger partial charge in [-0.05, 0) is 31.9 Å². The first kappa shape index (κ1) is 20.3. The van der Waals surface area contributed by atoms with Crippen molar-refractivity contribution in [2.24, 2.45) is 0 Å². The van der Waals surface area contributed by atoms with Crippen molar-refractivity contribution in [3.8, 4) is 17.1 Å². The second-order valence-electron chi connectivity index (χ2n) is 6.69. The van der Waals surface area contributed by atoms with Gasteiger partial charge in [-0.15, -0.1) is 0 Å². The zero-order valence-electron chi connectivity index (χ0n) is 16.6. The second-order valence-corrected chi connectivity index (χ2v) is 6.69. The van der Waals surface area contributed by atoms with E-state index in [1.807, 2.05) is 32.0 Å². The van der Waals surface area contributed by atoms with Crippen molar-refractivity contribution >= 4 is 12.0 Å². The van der Waals surface area contributed by atoms with Crippen LogP contribution in [0.15, 0.2) is 48.8 Å². The number of carbonyl (C=O) groups excluding carboxylic acids is 1. The van der Waals surface area contributed by atoms with Crippen LogP contribution in [-0.4, -0.2) is 38.7 Å². The zero-order chi connectivity index (χ0) is 20.8. The summed E-state index contributed by atoms with van der Waals surface area (Å²) in [5.74, 6) is 0.820. The number of nitrogens with one attached hydrogen (secondary N) is 3. The Balaban J connectivity index is 1.64. The quantitative estimate of drug-likeness (QED) is 0.488. The van der Waals surface area contributed by atoms with Gasteiger partial charge in [0.2, 0.25) is 11.8 Å². The van der Waals surface area contributed by atoms with Crippen LogP contribution in [0.5, 0.6) is 5.88 Å². The maximum Gasteiger partial charge on any atom is 0.414 e. The lowest BCUT2D eigenvalue weighted by atomic mass is 10.0. The predicted octanol–water partition coefficient (Wildman–Crippen LogP) is 3.42. The van der Waals surface area contributed by atoms with E-state index in [9.17, 15) is 9.90 Å². The molecular formula is C21H25N5O3. The first-order valence-corrected chi connectivity index (χ1v) is 9.45. The van der Waals surface area contributed by atoms with Crippen molar-refractivity contribution in [1.82, 2.24) is 20.3 Å². The van der Waals surface area contributed by atoms with Crippen LogP contribution in [-0.2, 0) is 0 Å². The lowest BCUT2D eigenvalue weighted by Gasteiger charge is -2.20. The SMILES string of the molecule is CCNc1ncc(C)c(-c2c[nH]c(OC(=O)NC(C)C(O)c3ccccc3)c2)n1. The van der Waals surface area contributed by atoms with Gasteiger partial charge in [-0.2, -0.15) is 0 Å². The minimum absolute atomic E-state index is 0.280. The Morgan fingerprint density at radius 3 is 2.79 bits per heavy atom. The highest BCUT2D eigenvalue weighted by Crippen LogP contribution is 2.25. The van der Waals surface area contributed by atoms with Crippen LogP contribution in [0.3, 0.4) is 0 Å². The van der Waals surface area contributed by atoms with Crippen LogP contribution in [0.25, 0.3) is 11.3 Å². The van der Waals surface area contributed by atoms with Crippen molar-refractivity contribution in [2.45, 2.75) is 32.9 Å². The molecule has 3 aromatic rings. The average Bonchev–Trinajstić information content (AvgIpc) is 3.17. The molecule has 1 amide bonds. The molecule has 0 aliphatic rings. The van der Waals surface area contributed by atoms with Crippen molar-refractivity contribution in [3.05, 3.63) is 59.9 Å². The number of aliphatic hydroxyl groups is 1. The first-order chi connectivity index (χ1) is 14.0. The molecule has 0 aliphatic carbocycles. The lowest BCUT2D eigenvalue weighted by molar-refractivity contribution is 0.128. The van der Waals surface area contributed by atoms with Gasteiger partial charge in [0.05, 0.1) is 17.8 Å². The van der Waals surface area contributed by atoms with Gasteiger partial charge in [0, 0.05) is 30.6 Å². The topological polar surface area (TPSA) is 112 Å². The van der Waals surface area contributed by atoms with E-state index in [2.05, 4.69) is 25.6 Å². The van der Waals surface area contributed by atoms with Crippen molar-refractivity contribution in [3.63, 3.8) is 0 Å². The Morgan fingerprint density at radius 1 is 1.31 bits per heavy atom. The third-order valence-electron chi connectivity index (χ3n) is 4.40. The molecule has 0 aliphatic heterocycles. The van der Waals surface area contributed by atoms with Gasteiger partial charge in [-0.25, -0.2) is 14.8 Å². The molecule has 0 radical (unpaired) electrons. The summed E-state index contributed by atoms with van der Waals surface area (Å²) in [6.07, 6.45) is 1.97. The number of anilines is 1. The molecule has 2 unspecified atom stereocenters. The van der Waals surface area contributed by atoms with Crippen LogP contribution in [0, 0.1) is 6.92 Å². The van der Waals surface area contributed by atoms with Gasteiger partial charge < -0.3 is 25.5 Å². The van der Waals surface area contributed by atoms with E-state index in [-0.39, 0.29) is 5.88 Å². The molecule has 0 saturated heterocycles. The monoisotopic (exact) mass is 395 g/mol. The van der Waals surface area contributed by atoms with Crippen LogP contribution < -0.4 is 15.4 Å². The fraction of sp³-hybridized carbons (Fsp3) is 0.286. The summed E-state index contributed by atoms with van der Waals surface area (Å²) in [6, 6.07) is 10.3.